The maximum Gasteiger partial charge on any atom is 0.225 e. The summed E-state index contributed by atoms with van der Waals surface area (Å²) in [4.78, 5) is 24.4. The van der Waals surface area contributed by atoms with Crippen molar-refractivity contribution in [2.45, 2.75) is 39.2 Å². The quantitative estimate of drug-likeness (QED) is 0.732. The van der Waals surface area contributed by atoms with Gasteiger partial charge < -0.3 is 14.9 Å². The van der Waals surface area contributed by atoms with Gasteiger partial charge in [-0.05, 0) is 31.0 Å². The van der Waals surface area contributed by atoms with E-state index in [9.17, 15) is 4.79 Å². The zero-order valence-electron chi connectivity index (χ0n) is 14.3. The molecule has 0 saturated heterocycles. The highest BCUT2D eigenvalue weighted by Crippen LogP contribution is 2.17. The number of carbonyl (C=O) groups is 1. The summed E-state index contributed by atoms with van der Waals surface area (Å²) in [6.07, 6.45) is 5.86. The fraction of sp³-hybridized carbons (Fsp3) is 0.389. The molecule has 0 spiro atoms. The van der Waals surface area contributed by atoms with Crippen LogP contribution in [-0.2, 0) is 18.3 Å². The summed E-state index contributed by atoms with van der Waals surface area (Å²) in [6, 6.07) is 5.84. The molecule has 0 aliphatic rings. The highest BCUT2D eigenvalue weighted by Gasteiger charge is 2.18. The first-order valence-corrected chi connectivity index (χ1v) is 8.28. The molecule has 1 atom stereocenters. The molecule has 0 saturated carbocycles. The number of hydrogen-bond donors (Lipinski definition) is 2. The number of aromatic amines is 1. The van der Waals surface area contributed by atoms with E-state index in [1.165, 1.54) is 0 Å². The summed E-state index contributed by atoms with van der Waals surface area (Å²) in [5.41, 5.74) is 2.86. The van der Waals surface area contributed by atoms with Gasteiger partial charge in [-0.15, -0.1) is 0 Å². The van der Waals surface area contributed by atoms with E-state index in [2.05, 4.69) is 27.2 Å². The van der Waals surface area contributed by atoms with E-state index in [1.54, 1.807) is 6.20 Å². The number of aromatic nitrogens is 4. The van der Waals surface area contributed by atoms with Gasteiger partial charge in [0.05, 0.1) is 23.5 Å². The molecular formula is C18H23N5O. The Morgan fingerprint density at radius 3 is 2.96 bits per heavy atom. The average molecular weight is 325 g/mol. The van der Waals surface area contributed by atoms with E-state index in [4.69, 9.17) is 0 Å². The number of aryl methyl sites for hydroxylation is 2. The number of nitrogens with one attached hydrogen (secondary N) is 2. The Morgan fingerprint density at radius 1 is 1.42 bits per heavy atom. The Bertz CT molecular complexity index is 848. The molecule has 2 heterocycles. The molecule has 6 nitrogen and oxygen atoms in total. The van der Waals surface area contributed by atoms with E-state index in [0.717, 1.165) is 41.1 Å². The molecule has 6 heteroatoms. The van der Waals surface area contributed by atoms with Crippen LogP contribution in [0.25, 0.3) is 11.0 Å². The van der Waals surface area contributed by atoms with Gasteiger partial charge >= 0.3 is 0 Å². The molecule has 0 fully saturated rings. The lowest BCUT2D eigenvalue weighted by Crippen LogP contribution is -2.31. The zero-order valence-corrected chi connectivity index (χ0v) is 14.3. The molecule has 1 amide bonds. The number of imidazole rings is 2. The minimum Gasteiger partial charge on any atom is -0.346 e. The smallest absolute Gasteiger partial charge is 0.225 e. The summed E-state index contributed by atoms with van der Waals surface area (Å²) in [5.74, 6) is 1.78. The maximum absolute atomic E-state index is 12.5. The van der Waals surface area contributed by atoms with Crippen LogP contribution in [0.1, 0.15) is 43.0 Å². The lowest BCUT2D eigenvalue weighted by atomic mass is 10.1. The van der Waals surface area contributed by atoms with Gasteiger partial charge in [-0.25, -0.2) is 9.97 Å². The Morgan fingerprint density at radius 2 is 2.25 bits per heavy atom. The van der Waals surface area contributed by atoms with Crippen molar-refractivity contribution < 1.29 is 4.79 Å². The van der Waals surface area contributed by atoms with Crippen molar-refractivity contribution >= 4 is 16.9 Å². The van der Waals surface area contributed by atoms with Gasteiger partial charge in [0, 0.05) is 19.4 Å². The number of H-pyrrole nitrogens is 1. The molecule has 0 radical (unpaired) electrons. The number of hydrogen-bond acceptors (Lipinski definition) is 3. The topological polar surface area (TPSA) is 75.6 Å². The molecule has 24 heavy (non-hydrogen) atoms. The van der Waals surface area contributed by atoms with Gasteiger partial charge in [-0.1, -0.05) is 19.4 Å². The van der Waals surface area contributed by atoms with Crippen LogP contribution in [0.5, 0.6) is 0 Å². The molecular weight excluding hydrogens is 302 g/mol. The van der Waals surface area contributed by atoms with E-state index in [1.807, 2.05) is 42.9 Å². The summed E-state index contributed by atoms with van der Waals surface area (Å²) < 4.78 is 1.96. The predicted octanol–water partition coefficient (Wildman–Crippen LogP) is 2.80. The standard InChI is InChI=1S/C18H23N5O/c1-4-5-15(18-19-8-9-23(18)3)22-17(24)11-13-6-7-14-16(10-13)21-12(2)20-14/h6-10,15H,4-5,11H2,1-3H3,(H,20,21)(H,22,24). The van der Waals surface area contributed by atoms with E-state index >= 15 is 0 Å². The van der Waals surface area contributed by atoms with Crippen molar-refractivity contribution in [3.8, 4) is 0 Å². The lowest BCUT2D eigenvalue weighted by Gasteiger charge is -2.18. The maximum atomic E-state index is 12.5. The van der Waals surface area contributed by atoms with Crippen molar-refractivity contribution in [1.29, 1.82) is 0 Å². The molecule has 3 aromatic rings. The fourth-order valence-corrected chi connectivity index (χ4v) is 2.99. The van der Waals surface area contributed by atoms with E-state index < -0.39 is 0 Å². The zero-order chi connectivity index (χ0) is 17.1. The van der Waals surface area contributed by atoms with Gasteiger partial charge in [-0.2, -0.15) is 0 Å². The van der Waals surface area contributed by atoms with E-state index in [0.29, 0.717) is 6.42 Å². The monoisotopic (exact) mass is 325 g/mol. The van der Waals surface area contributed by atoms with Crippen molar-refractivity contribution in [2.24, 2.45) is 7.05 Å². The summed E-state index contributed by atoms with van der Waals surface area (Å²) in [5, 5.41) is 3.11. The number of amides is 1. The van der Waals surface area contributed by atoms with Crippen LogP contribution in [-0.4, -0.2) is 25.4 Å². The number of nitrogens with zero attached hydrogens (tertiary/aromatic N) is 3. The van der Waals surface area contributed by atoms with Gasteiger partial charge in [0.2, 0.25) is 5.91 Å². The highest BCUT2D eigenvalue weighted by molar-refractivity contribution is 5.82. The second kappa shape index (κ2) is 6.86. The van der Waals surface area contributed by atoms with Gasteiger partial charge in [0.25, 0.3) is 0 Å². The molecule has 3 rings (SSSR count). The van der Waals surface area contributed by atoms with E-state index in [-0.39, 0.29) is 11.9 Å². The Labute approximate surface area is 141 Å². The third-order valence-corrected chi connectivity index (χ3v) is 4.11. The molecule has 126 valence electrons. The largest absolute Gasteiger partial charge is 0.346 e. The van der Waals surface area contributed by atoms with Gasteiger partial charge in [0.15, 0.2) is 0 Å². The van der Waals surface area contributed by atoms with Crippen molar-refractivity contribution in [3.05, 3.63) is 47.8 Å². The second-order valence-corrected chi connectivity index (χ2v) is 6.16. The normalized spacial score (nSPS) is 12.5. The van der Waals surface area contributed by atoms with Gasteiger partial charge in [-0.3, -0.25) is 4.79 Å². The first-order valence-electron chi connectivity index (χ1n) is 8.28. The summed E-state index contributed by atoms with van der Waals surface area (Å²) >= 11 is 0. The fourth-order valence-electron chi connectivity index (χ4n) is 2.99. The van der Waals surface area contributed by atoms with Crippen LogP contribution in [0.2, 0.25) is 0 Å². The Hall–Kier alpha value is -2.63. The molecule has 0 aliphatic carbocycles. The summed E-state index contributed by atoms with van der Waals surface area (Å²) in [6.45, 7) is 4.03. The molecule has 1 aromatic carbocycles. The third kappa shape index (κ3) is 3.48. The van der Waals surface area contributed by atoms with Crippen LogP contribution < -0.4 is 5.32 Å². The van der Waals surface area contributed by atoms with Crippen LogP contribution in [0, 0.1) is 6.92 Å². The SMILES string of the molecule is CCCC(NC(=O)Cc1ccc2nc(C)[nH]c2c1)c1nccn1C. The molecule has 0 aliphatic heterocycles. The highest BCUT2D eigenvalue weighted by atomic mass is 16.1. The average Bonchev–Trinajstić information content (AvgIpc) is 3.11. The number of benzene rings is 1. The number of rotatable bonds is 6. The van der Waals surface area contributed by atoms with Crippen molar-refractivity contribution in [1.82, 2.24) is 24.8 Å². The first kappa shape index (κ1) is 16.2. The molecule has 0 bridgehead atoms. The Balaban J connectivity index is 1.71. The molecule has 1 unspecified atom stereocenters. The lowest BCUT2D eigenvalue weighted by molar-refractivity contribution is -0.121. The summed E-state index contributed by atoms with van der Waals surface area (Å²) in [7, 11) is 1.95. The molecule has 2 aromatic heterocycles. The first-order chi connectivity index (χ1) is 11.6. The van der Waals surface area contributed by atoms with Gasteiger partial charge in [0.1, 0.15) is 11.6 Å². The predicted molar refractivity (Wildman–Crippen MR) is 93.5 cm³/mol. The van der Waals surface area contributed by atoms with Crippen LogP contribution >= 0.6 is 0 Å². The second-order valence-electron chi connectivity index (χ2n) is 6.16. The minimum absolute atomic E-state index is 0.00652. The molecule has 2 N–H and O–H groups in total. The minimum atomic E-state index is -0.0550. The van der Waals surface area contributed by atoms with Crippen LogP contribution in [0.15, 0.2) is 30.6 Å². The third-order valence-electron chi connectivity index (χ3n) is 4.11. The van der Waals surface area contributed by atoms with Crippen molar-refractivity contribution in [3.63, 3.8) is 0 Å². The van der Waals surface area contributed by atoms with Crippen LogP contribution in [0.4, 0.5) is 0 Å². The number of carbonyl (C=O) groups excluding carboxylic acids is 1. The van der Waals surface area contributed by atoms with Crippen molar-refractivity contribution in [2.75, 3.05) is 0 Å². The Kier molecular flexibility index (Phi) is 4.64. The number of fused-ring (bicyclic) bond motifs is 1. The van der Waals surface area contributed by atoms with Crippen LogP contribution in [0.3, 0.4) is 0 Å².